The Bertz CT molecular complexity index is 2360. The van der Waals surface area contributed by atoms with Crippen LogP contribution in [0.1, 0.15) is 103 Å². The summed E-state index contributed by atoms with van der Waals surface area (Å²) in [5.41, 5.74) is 2.23. The predicted molar refractivity (Wildman–Crippen MR) is 263 cm³/mol. The van der Waals surface area contributed by atoms with Crippen LogP contribution in [-0.2, 0) is 38.7 Å². The lowest BCUT2D eigenvalue weighted by atomic mass is 9.91. The zero-order chi connectivity index (χ0) is 49.4. The van der Waals surface area contributed by atoms with Gasteiger partial charge in [-0.05, 0) is 81.2 Å². The fourth-order valence-electron chi connectivity index (χ4n) is 10.4. The number of nitrogens with one attached hydrogen (secondary N) is 4. The fraction of sp³-hybridized carbons (Fsp3) is 0.612. The van der Waals surface area contributed by atoms with Crippen LogP contribution in [0.4, 0.5) is 5.69 Å². The number of fused-ring (bicyclic) bond motifs is 1. The summed E-state index contributed by atoms with van der Waals surface area (Å²) in [5.74, 6) is -1.78. The van der Waals surface area contributed by atoms with Crippen LogP contribution in [0.3, 0.4) is 0 Å². The molecule has 0 aromatic heterocycles. The lowest BCUT2D eigenvalue weighted by molar-refractivity contribution is -0.136. The third kappa shape index (κ3) is 12.9. The van der Waals surface area contributed by atoms with Crippen LogP contribution in [0.15, 0.2) is 48.5 Å². The molecular formula is C49H67N9O10S2. The van der Waals surface area contributed by atoms with Gasteiger partial charge in [0.2, 0.25) is 39.6 Å². The number of likely N-dealkylation sites (tertiary alicyclic amines) is 1. The number of hydrogen-bond acceptors (Lipinski definition) is 14. The van der Waals surface area contributed by atoms with Crippen molar-refractivity contribution in [1.82, 2.24) is 40.3 Å². The van der Waals surface area contributed by atoms with Crippen LogP contribution in [0.5, 0.6) is 0 Å². The third-order valence-electron chi connectivity index (χ3n) is 14.6. The van der Waals surface area contributed by atoms with Crippen molar-refractivity contribution < 1.29 is 46.7 Å². The van der Waals surface area contributed by atoms with Crippen molar-refractivity contribution in [2.75, 3.05) is 89.0 Å². The molecule has 21 heteroatoms. The summed E-state index contributed by atoms with van der Waals surface area (Å²) in [5, 5.41) is 11.6. The summed E-state index contributed by atoms with van der Waals surface area (Å²) in [4.78, 5) is 98.1. The van der Waals surface area contributed by atoms with Gasteiger partial charge in [0.1, 0.15) is 17.6 Å². The van der Waals surface area contributed by atoms with E-state index >= 15 is 0 Å². The average molecular weight is 1010 g/mol. The minimum absolute atomic E-state index is 0.0730. The van der Waals surface area contributed by atoms with E-state index in [9.17, 15) is 42.0 Å². The molecule has 70 heavy (non-hydrogen) atoms. The first kappa shape index (κ1) is 51.4. The number of imide groups is 2. The van der Waals surface area contributed by atoms with Gasteiger partial charge in [0.25, 0.3) is 11.8 Å². The van der Waals surface area contributed by atoms with Crippen LogP contribution in [0, 0.1) is 11.8 Å². The van der Waals surface area contributed by atoms with E-state index in [0.717, 1.165) is 106 Å². The smallest absolute Gasteiger partial charge is 0.262 e. The maximum Gasteiger partial charge on any atom is 0.262 e. The Morgan fingerprint density at radius 3 is 2.34 bits per heavy atom. The summed E-state index contributed by atoms with van der Waals surface area (Å²) >= 11 is 1.58. The third-order valence-corrected chi connectivity index (χ3v) is 17.0. The largest absolute Gasteiger partial charge is 0.381 e. The molecule has 0 saturated carbocycles. The van der Waals surface area contributed by atoms with Gasteiger partial charge in [0, 0.05) is 95.9 Å². The van der Waals surface area contributed by atoms with E-state index in [-0.39, 0.29) is 73.8 Å². The molecule has 0 spiro atoms. The standard InChI is InChI=1S/C49H67N9O10S2/c1-70(66,67)57-23-18-35(31-57)44(61)50-39(45(62)53-49-51-40(32-69-49)34-9-3-2-4-10-34)19-29-68-28-7-11-43(60)56-21-16-33(17-22-56)8-5-6-20-54-24-26-55(27-25-54)36-12-13-37-38(30-36)48(65)58(47(37)64)41-14-15-42(59)52-46(41)63/h2-4,9-10,12-13,30,33,35,39-41,49,51H,5-8,11,14-29,31-32H2,1H3,(H,50,61)(H,53,62)(H,52,59,63)/t35?,39-,40?,41?,49?/m0/s1. The van der Waals surface area contributed by atoms with Crippen molar-refractivity contribution in [1.29, 1.82) is 0 Å². The predicted octanol–water partition coefficient (Wildman–Crippen LogP) is 2.05. The maximum atomic E-state index is 13.6. The van der Waals surface area contributed by atoms with Gasteiger partial charge in [0.15, 0.2) is 0 Å². The topological polar surface area (TPSA) is 227 Å². The molecular weight excluding hydrogens is 939 g/mol. The molecule has 0 aliphatic carbocycles. The number of thioether (sulfide) groups is 1. The Morgan fingerprint density at radius 2 is 1.61 bits per heavy atom. The van der Waals surface area contributed by atoms with Crippen molar-refractivity contribution in [3.63, 3.8) is 0 Å². The highest BCUT2D eigenvalue weighted by atomic mass is 32.2. The lowest BCUT2D eigenvalue weighted by Gasteiger charge is -2.36. The number of unbranched alkanes of at least 4 members (excludes halogenated alkanes) is 1. The van der Waals surface area contributed by atoms with E-state index in [1.54, 1.807) is 23.9 Å². The van der Waals surface area contributed by atoms with Crippen LogP contribution >= 0.6 is 11.8 Å². The summed E-state index contributed by atoms with van der Waals surface area (Å²) in [6, 6.07) is 13.5. The van der Waals surface area contributed by atoms with E-state index in [1.165, 1.54) is 4.31 Å². The first-order valence-electron chi connectivity index (χ1n) is 24.9. The number of ether oxygens (including phenoxy) is 1. The highest BCUT2D eigenvalue weighted by Gasteiger charge is 2.45. The van der Waals surface area contributed by atoms with Gasteiger partial charge in [-0.2, -0.15) is 0 Å². The van der Waals surface area contributed by atoms with Crippen LogP contribution in [0.25, 0.3) is 0 Å². The Hall–Kier alpha value is -4.93. The summed E-state index contributed by atoms with van der Waals surface area (Å²) < 4.78 is 31.3. The molecule has 0 radical (unpaired) electrons. The van der Waals surface area contributed by atoms with Crippen molar-refractivity contribution in [2.45, 2.75) is 94.3 Å². The molecule has 5 saturated heterocycles. The van der Waals surface area contributed by atoms with E-state index in [0.29, 0.717) is 37.4 Å². The molecule has 0 bridgehead atoms. The summed E-state index contributed by atoms with van der Waals surface area (Å²) in [6.45, 7) is 6.75. The molecule has 6 aliphatic heterocycles. The number of piperazine rings is 1. The first-order valence-corrected chi connectivity index (χ1v) is 27.8. The van der Waals surface area contributed by atoms with E-state index in [4.69, 9.17) is 4.74 Å². The van der Waals surface area contributed by atoms with Gasteiger partial charge in [-0.25, -0.2) is 12.7 Å². The molecule has 2 aromatic carbocycles. The van der Waals surface area contributed by atoms with Crippen molar-refractivity contribution in [3.8, 4) is 0 Å². The second-order valence-corrected chi connectivity index (χ2v) is 22.5. The van der Waals surface area contributed by atoms with Crippen LogP contribution < -0.4 is 26.2 Å². The van der Waals surface area contributed by atoms with Gasteiger partial charge in [0.05, 0.1) is 23.3 Å². The number of piperidine rings is 2. The van der Waals surface area contributed by atoms with Gasteiger partial charge in [-0.3, -0.25) is 54.0 Å². The van der Waals surface area contributed by atoms with E-state index in [2.05, 4.69) is 31.1 Å². The first-order chi connectivity index (χ1) is 33.7. The lowest BCUT2D eigenvalue weighted by Crippen LogP contribution is -2.54. The molecule has 5 fully saturated rings. The van der Waals surface area contributed by atoms with Crippen molar-refractivity contribution >= 4 is 68.8 Å². The molecule has 6 heterocycles. The Balaban J connectivity index is 0.689. The number of sulfonamides is 1. The number of nitrogens with zero attached hydrogens (tertiary/aromatic N) is 5. The molecule has 7 amide bonds. The van der Waals surface area contributed by atoms with Crippen LogP contribution in [0.2, 0.25) is 0 Å². The SMILES string of the molecule is CS(=O)(=O)N1CCC(C(=O)N[C@@H](CCOCCCC(=O)N2CCC(CCCCN3CCN(c4ccc5c(c4)C(=O)N(C4CCC(=O)NC4=O)C5=O)CC3)CC2)C(=O)NC2NC(c3ccccc3)CS2)C1. The molecule has 4 unspecified atom stereocenters. The second kappa shape index (κ2) is 23.5. The maximum absolute atomic E-state index is 13.6. The molecule has 4 N–H and O–H groups in total. The molecule has 380 valence electrons. The van der Waals surface area contributed by atoms with Gasteiger partial charge in [-0.1, -0.05) is 43.2 Å². The van der Waals surface area contributed by atoms with Gasteiger partial charge >= 0.3 is 0 Å². The van der Waals surface area contributed by atoms with Crippen molar-refractivity contribution in [2.24, 2.45) is 11.8 Å². The fourth-order valence-corrected chi connectivity index (χ4v) is 12.4. The average Bonchev–Trinajstić information content (AvgIpc) is 4.11. The van der Waals surface area contributed by atoms with Crippen molar-refractivity contribution in [3.05, 3.63) is 65.2 Å². The number of benzene rings is 2. The monoisotopic (exact) mass is 1010 g/mol. The Morgan fingerprint density at radius 1 is 0.857 bits per heavy atom. The molecule has 5 atom stereocenters. The van der Waals surface area contributed by atoms with E-state index in [1.807, 2.05) is 41.3 Å². The Labute approximate surface area is 414 Å². The zero-order valence-corrected chi connectivity index (χ0v) is 41.6. The quantitative estimate of drug-likeness (QED) is 0.110. The molecule has 8 rings (SSSR count). The minimum atomic E-state index is -3.43. The second-order valence-electron chi connectivity index (χ2n) is 19.4. The van der Waals surface area contributed by atoms with E-state index < -0.39 is 51.7 Å². The number of carbonyl (C=O) groups excluding carboxylic acids is 7. The molecule has 2 aromatic rings. The number of carbonyl (C=O) groups is 7. The number of anilines is 1. The Kier molecular flexibility index (Phi) is 17.3. The number of rotatable bonds is 20. The zero-order valence-electron chi connectivity index (χ0n) is 40.0. The van der Waals surface area contributed by atoms with Gasteiger partial charge in [-0.15, -0.1) is 11.8 Å². The van der Waals surface area contributed by atoms with Crippen LogP contribution in [-0.4, -0.2) is 170 Å². The summed E-state index contributed by atoms with van der Waals surface area (Å²) in [7, 11) is -3.43. The molecule has 19 nitrogen and oxygen atoms in total. The molecule has 6 aliphatic rings. The highest BCUT2D eigenvalue weighted by Crippen LogP contribution is 2.32. The van der Waals surface area contributed by atoms with Gasteiger partial charge < -0.3 is 25.2 Å². The number of hydrogen-bond donors (Lipinski definition) is 4. The number of amides is 7. The highest BCUT2D eigenvalue weighted by molar-refractivity contribution is 8.00. The minimum Gasteiger partial charge on any atom is -0.381 e. The summed E-state index contributed by atoms with van der Waals surface area (Å²) in [6.07, 6.45) is 8.20. The normalized spacial score (nSPS) is 24.2.